The standard InChI is InChI=1S/C20H29ClN4O4/c1-15(20(27)22-17-13-16(21)3-4-18(17)28-2)24-5-7-25(8-6-24)19(26)14-23-9-11-29-12-10-23/h3-4,13,15H,5-12,14H2,1-2H3,(H,22,27). The molecule has 1 N–H and O–H groups in total. The first-order valence-corrected chi connectivity index (χ1v) is 10.3. The van der Waals surface area contributed by atoms with Crippen LogP contribution in [0.2, 0.25) is 5.02 Å². The van der Waals surface area contributed by atoms with Crippen LogP contribution in [0.15, 0.2) is 18.2 Å². The van der Waals surface area contributed by atoms with Gasteiger partial charge in [0.2, 0.25) is 11.8 Å². The van der Waals surface area contributed by atoms with Crippen LogP contribution >= 0.6 is 11.6 Å². The summed E-state index contributed by atoms with van der Waals surface area (Å²) in [6, 6.07) is 4.79. The molecule has 0 saturated carbocycles. The number of carbonyl (C=O) groups excluding carboxylic acids is 2. The molecule has 0 aromatic heterocycles. The van der Waals surface area contributed by atoms with Gasteiger partial charge in [0.15, 0.2) is 0 Å². The quantitative estimate of drug-likeness (QED) is 0.738. The van der Waals surface area contributed by atoms with Gasteiger partial charge in [-0.2, -0.15) is 0 Å². The predicted octanol–water partition coefficient (Wildman–Crippen LogP) is 1.15. The van der Waals surface area contributed by atoms with Gasteiger partial charge in [-0.1, -0.05) is 11.6 Å². The fourth-order valence-corrected chi connectivity index (χ4v) is 3.76. The summed E-state index contributed by atoms with van der Waals surface area (Å²) in [5.41, 5.74) is 0.552. The number of anilines is 1. The topological polar surface area (TPSA) is 74.4 Å². The highest BCUT2D eigenvalue weighted by molar-refractivity contribution is 6.31. The lowest BCUT2D eigenvalue weighted by atomic mass is 10.2. The largest absolute Gasteiger partial charge is 0.495 e. The second-order valence-electron chi connectivity index (χ2n) is 7.32. The molecule has 2 aliphatic rings. The molecule has 3 rings (SSSR count). The van der Waals surface area contributed by atoms with E-state index >= 15 is 0 Å². The number of hydrogen-bond donors (Lipinski definition) is 1. The van der Waals surface area contributed by atoms with Gasteiger partial charge in [-0.25, -0.2) is 0 Å². The number of benzene rings is 1. The fraction of sp³-hybridized carbons (Fsp3) is 0.600. The summed E-state index contributed by atoms with van der Waals surface area (Å²) in [5, 5.41) is 3.43. The first-order chi connectivity index (χ1) is 14.0. The highest BCUT2D eigenvalue weighted by Crippen LogP contribution is 2.28. The van der Waals surface area contributed by atoms with Crippen LogP contribution in [0.5, 0.6) is 5.75 Å². The molecule has 8 nitrogen and oxygen atoms in total. The summed E-state index contributed by atoms with van der Waals surface area (Å²) >= 11 is 6.04. The number of morpholine rings is 1. The van der Waals surface area contributed by atoms with Crippen LogP contribution in [0.25, 0.3) is 0 Å². The molecule has 0 aliphatic carbocycles. The Hall–Kier alpha value is -1.87. The van der Waals surface area contributed by atoms with Crippen molar-refractivity contribution < 1.29 is 19.1 Å². The molecule has 0 radical (unpaired) electrons. The number of methoxy groups -OCH3 is 1. The van der Waals surface area contributed by atoms with Crippen molar-refractivity contribution in [3.8, 4) is 5.75 Å². The molecule has 2 heterocycles. The summed E-state index contributed by atoms with van der Waals surface area (Å²) in [4.78, 5) is 31.4. The van der Waals surface area contributed by atoms with Crippen LogP contribution in [0.4, 0.5) is 5.69 Å². The van der Waals surface area contributed by atoms with E-state index in [4.69, 9.17) is 21.1 Å². The van der Waals surface area contributed by atoms with E-state index in [1.54, 1.807) is 25.3 Å². The number of rotatable bonds is 6. The van der Waals surface area contributed by atoms with Crippen molar-refractivity contribution in [3.63, 3.8) is 0 Å². The maximum absolute atomic E-state index is 12.7. The molecule has 29 heavy (non-hydrogen) atoms. The van der Waals surface area contributed by atoms with Gasteiger partial charge in [0.1, 0.15) is 5.75 Å². The fourth-order valence-electron chi connectivity index (χ4n) is 3.59. The molecule has 160 valence electrons. The van der Waals surface area contributed by atoms with E-state index in [0.29, 0.717) is 62.4 Å². The average Bonchev–Trinajstić information content (AvgIpc) is 2.74. The third-order valence-electron chi connectivity index (χ3n) is 5.48. The van der Waals surface area contributed by atoms with Crippen molar-refractivity contribution >= 4 is 29.1 Å². The van der Waals surface area contributed by atoms with E-state index in [1.165, 1.54) is 0 Å². The molecular weight excluding hydrogens is 396 g/mol. The summed E-state index contributed by atoms with van der Waals surface area (Å²) in [6.07, 6.45) is 0. The van der Waals surface area contributed by atoms with E-state index in [0.717, 1.165) is 13.1 Å². The van der Waals surface area contributed by atoms with E-state index in [-0.39, 0.29) is 17.9 Å². The van der Waals surface area contributed by atoms with Crippen LogP contribution in [0.1, 0.15) is 6.92 Å². The Bertz CT molecular complexity index is 718. The lowest BCUT2D eigenvalue weighted by Crippen LogP contribution is -2.55. The lowest BCUT2D eigenvalue weighted by Gasteiger charge is -2.38. The number of hydrogen-bond acceptors (Lipinski definition) is 6. The van der Waals surface area contributed by atoms with Gasteiger partial charge in [0.25, 0.3) is 0 Å². The van der Waals surface area contributed by atoms with Crippen molar-refractivity contribution in [2.24, 2.45) is 0 Å². The lowest BCUT2D eigenvalue weighted by molar-refractivity contribution is -0.135. The number of nitrogens with one attached hydrogen (secondary N) is 1. The number of carbonyl (C=O) groups is 2. The van der Waals surface area contributed by atoms with Gasteiger partial charge in [-0.3, -0.25) is 19.4 Å². The van der Waals surface area contributed by atoms with Crippen LogP contribution in [0.3, 0.4) is 0 Å². The van der Waals surface area contributed by atoms with E-state index in [1.807, 2.05) is 11.8 Å². The third kappa shape index (κ3) is 5.82. The van der Waals surface area contributed by atoms with Gasteiger partial charge in [-0.05, 0) is 25.1 Å². The summed E-state index contributed by atoms with van der Waals surface area (Å²) in [7, 11) is 1.55. The Morgan fingerprint density at radius 2 is 1.86 bits per heavy atom. The van der Waals surface area contributed by atoms with Crippen molar-refractivity contribution in [1.82, 2.24) is 14.7 Å². The first kappa shape index (κ1) is 21.8. The Morgan fingerprint density at radius 1 is 1.17 bits per heavy atom. The SMILES string of the molecule is COc1ccc(Cl)cc1NC(=O)C(C)N1CCN(C(=O)CN2CCOCC2)CC1. The first-order valence-electron chi connectivity index (χ1n) is 9.94. The van der Waals surface area contributed by atoms with E-state index in [9.17, 15) is 9.59 Å². The van der Waals surface area contributed by atoms with E-state index < -0.39 is 0 Å². The molecule has 1 aromatic carbocycles. The average molecular weight is 425 g/mol. The number of piperazine rings is 1. The van der Waals surface area contributed by atoms with Crippen LogP contribution < -0.4 is 10.1 Å². The Balaban J connectivity index is 1.49. The summed E-state index contributed by atoms with van der Waals surface area (Å²) in [5.74, 6) is 0.583. The minimum atomic E-state index is -0.324. The molecule has 2 aliphatic heterocycles. The van der Waals surface area contributed by atoms with Crippen molar-refractivity contribution in [3.05, 3.63) is 23.2 Å². The predicted molar refractivity (Wildman–Crippen MR) is 112 cm³/mol. The molecule has 1 unspecified atom stereocenters. The van der Waals surface area contributed by atoms with Gasteiger partial charge in [-0.15, -0.1) is 0 Å². The minimum absolute atomic E-state index is 0.126. The second kappa shape index (κ2) is 10.2. The number of halogens is 1. The number of amides is 2. The zero-order valence-corrected chi connectivity index (χ0v) is 17.8. The zero-order chi connectivity index (χ0) is 20.8. The second-order valence-corrected chi connectivity index (χ2v) is 7.75. The van der Waals surface area contributed by atoms with Crippen LogP contribution in [-0.4, -0.2) is 98.7 Å². The van der Waals surface area contributed by atoms with Gasteiger partial charge in [0, 0.05) is 44.3 Å². The molecule has 0 spiro atoms. The molecule has 1 atom stereocenters. The van der Waals surface area contributed by atoms with Crippen LogP contribution in [0, 0.1) is 0 Å². The summed E-state index contributed by atoms with van der Waals surface area (Å²) in [6.45, 7) is 7.86. The highest BCUT2D eigenvalue weighted by atomic mass is 35.5. The van der Waals surface area contributed by atoms with Gasteiger partial charge < -0.3 is 19.7 Å². The minimum Gasteiger partial charge on any atom is -0.495 e. The molecule has 0 bridgehead atoms. The number of ether oxygens (including phenoxy) is 2. The molecule has 2 fully saturated rings. The van der Waals surface area contributed by atoms with Crippen LogP contribution in [-0.2, 0) is 14.3 Å². The van der Waals surface area contributed by atoms with Gasteiger partial charge in [0.05, 0.1) is 38.6 Å². The Kier molecular flexibility index (Phi) is 7.71. The normalized spacial score (nSPS) is 19.6. The summed E-state index contributed by atoms with van der Waals surface area (Å²) < 4.78 is 10.6. The van der Waals surface area contributed by atoms with E-state index in [2.05, 4.69) is 15.1 Å². The molecule has 2 saturated heterocycles. The smallest absolute Gasteiger partial charge is 0.241 e. The van der Waals surface area contributed by atoms with Gasteiger partial charge >= 0.3 is 0 Å². The molecule has 9 heteroatoms. The molecule has 1 aromatic rings. The third-order valence-corrected chi connectivity index (χ3v) is 5.71. The maximum Gasteiger partial charge on any atom is 0.241 e. The van der Waals surface area contributed by atoms with Crippen molar-refractivity contribution in [2.75, 3.05) is 71.5 Å². The van der Waals surface area contributed by atoms with Crippen molar-refractivity contribution in [2.45, 2.75) is 13.0 Å². The highest BCUT2D eigenvalue weighted by Gasteiger charge is 2.28. The van der Waals surface area contributed by atoms with Crippen molar-refractivity contribution in [1.29, 1.82) is 0 Å². The Morgan fingerprint density at radius 3 is 2.52 bits per heavy atom. The number of nitrogens with zero attached hydrogens (tertiary/aromatic N) is 3. The zero-order valence-electron chi connectivity index (χ0n) is 17.0. The molecular formula is C20H29ClN4O4. The maximum atomic E-state index is 12.7. The molecule has 2 amide bonds. The Labute approximate surface area is 176 Å². The monoisotopic (exact) mass is 424 g/mol.